The number of halogens is 3. The van der Waals surface area contributed by atoms with Crippen molar-refractivity contribution in [2.24, 2.45) is 0 Å². The molecule has 2 aromatic carbocycles. The van der Waals surface area contributed by atoms with Gasteiger partial charge in [0.2, 0.25) is 0 Å². The molecule has 1 N–H and O–H groups in total. The van der Waals surface area contributed by atoms with Crippen molar-refractivity contribution < 1.29 is 13.9 Å². The van der Waals surface area contributed by atoms with E-state index in [0.717, 1.165) is 16.5 Å². The Morgan fingerprint density at radius 3 is 2.41 bits per heavy atom. The maximum Gasteiger partial charge on any atom is 0.162 e. The highest BCUT2D eigenvalue weighted by Gasteiger charge is 2.17. The van der Waals surface area contributed by atoms with E-state index in [0.29, 0.717) is 35.2 Å². The van der Waals surface area contributed by atoms with Crippen molar-refractivity contribution >= 4 is 27.5 Å². The summed E-state index contributed by atoms with van der Waals surface area (Å²) in [5.74, 6) is 0.918. The highest BCUT2D eigenvalue weighted by molar-refractivity contribution is 9.10. The second-order valence-corrected chi connectivity index (χ2v) is 8.20. The zero-order chi connectivity index (χ0) is 20.0. The van der Waals surface area contributed by atoms with Crippen LogP contribution in [0.15, 0.2) is 34.8 Å². The average molecular weight is 459 g/mol. The molecule has 0 saturated carbocycles. The van der Waals surface area contributed by atoms with Crippen LogP contribution in [0, 0.1) is 5.82 Å². The van der Waals surface area contributed by atoms with E-state index in [1.807, 2.05) is 19.1 Å². The normalized spacial score (nSPS) is 11.5. The lowest BCUT2D eigenvalue weighted by Gasteiger charge is -2.25. The fourth-order valence-electron chi connectivity index (χ4n) is 2.35. The largest absolute Gasteiger partial charge is 0.490 e. The molecule has 2 rings (SSSR count). The third-order valence-electron chi connectivity index (χ3n) is 4.45. The molecule has 0 fully saturated rings. The Balaban J connectivity index is 2.19. The van der Waals surface area contributed by atoms with E-state index in [1.165, 1.54) is 12.1 Å². The first kappa shape index (κ1) is 22.0. The van der Waals surface area contributed by atoms with Gasteiger partial charge < -0.3 is 14.8 Å². The lowest BCUT2D eigenvalue weighted by atomic mass is 10.0. The molecule has 0 bridgehead atoms. The quantitative estimate of drug-likeness (QED) is 0.465. The number of rotatable bonds is 9. The Bertz CT molecular complexity index is 783. The summed E-state index contributed by atoms with van der Waals surface area (Å²) >= 11 is 9.70. The van der Waals surface area contributed by atoms with Gasteiger partial charge in [-0.1, -0.05) is 40.5 Å². The Morgan fingerprint density at radius 1 is 1.07 bits per heavy atom. The van der Waals surface area contributed by atoms with E-state index in [4.69, 9.17) is 21.1 Å². The fourth-order valence-corrected chi connectivity index (χ4v) is 3.03. The number of hydrogen-bond acceptors (Lipinski definition) is 3. The third kappa shape index (κ3) is 6.37. The minimum absolute atomic E-state index is 0.0553. The van der Waals surface area contributed by atoms with E-state index in [9.17, 15) is 4.39 Å². The van der Waals surface area contributed by atoms with Gasteiger partial charge in [-0.15, -0.1) is 0 Å². The Labute approximate surface area is 174 Å². The van der Waals surface area contributed by atoms with Gasteiger partial charge in [0.25, 0.3) is 0 Å². The molecule has 0 aromatic heterocycles. The summed E-state index contributed by atoms with van der Waals surface area (Å²) in [4.78, 5) is 0. The Hall–Kier alpha value is -1.30. The Morgan fingerprint density at radius 2 is 1.78 bits per heavy atom. The highest BCUT2D eigenvalue weighted by Crippen LogP contribution is 2.35. The molecule has 0 unspecified atom stereocenters. The van der Waals surface area contributed by atoms with E-state index in [1.54, 1.807) is 6.07 Å². The van der Waals surface area contributed by atoms with Crippen LogP contribution in [0.25, 0.3) is 0 Å². The molecule has 6 heteroatoms. The minimum Gasteiger partial charge on any atom is -0.490 e. The zero-order valence-electron chi connectivity index (χ0n) is 16.2. The van der Waals surface area contributed by atoms with Crippen LogP contribution in [0.1, 0.15) is 45.2 Å². The standard InChI is InChI=1S/C21H26BrClFNO2/c1-5-21(3,4)25-12-15-9-19(26-6-2)20(11-17(15)22)27-13-14-7-8-16(24)10-18(14)23/h7-11,25H,5-6,12-13H2,1-4H3. The molecule has 0 aliphatic carbocycles. The molecule has 2 aromatic rings. The van der Waals surface area contributed by atoms with Gasteiger partial charge in [0.15, 0.2) is 11.5 Å². The highest BCUT2D eigenvalue weighted by atomic mass is 79.9. The van der Waals surface area contributed by atoms with Gasteiger partial charge in [0.1, 0.15) is 12.4 Å². The molecule has 3 nitrogen and oxygen atoms in total. The summed E-state index contributed by atoms with van der Waals surface area (Å²) in [6.07, 6.45) is 1.03. The SMILES string of the molecule is CCOc1cc(CNC(C)(C)CC)c(Br)cc1OCc1ccc(F)cc1Cl. The van der Waals surface area contributed by atoms with Crippen LogP contribution in [-0.4, -0.2) is 12.1 Å². The third-order valence-corrected chi connectivity index (χ3v) is 5.54. The summed E-state index contributed by atoms with van der Waals surface area (Å²) in [5.41, 5.74) is 1.86. The first-order valence-corrected chi connectivity index (χ1v) is 10.2. The molecule has 27 heavy (non-hydrogen) atoms. The maximum atomic E-state index is 13.2. The van der Waals surface area contributed by atoms with Gasteiger partial charge in [-0.2, -0.15) is 0 Å². The van der Waals surface area contributed by atoms with Crippen molar-refractivity contribution in [1.82, 2.24) is 5.32 Å². The molecular weight excluding hydrogens is 433 g/mol. The molecule has 0 aliphatic rings. The summed E-state index contributed by atoms with van der Waals surface area (Å²) in [7, 11) is 0. The second kappa shape index (κ2) is 9.76. The van der Waals surface area contributed by atoms with Crippen LogP contribution in [0.5, 0.6) is 11.5 Å². The van der Waals surface area contributed by atoms with Crippen molar-refractivity contribution in [3.8, 4) is 11.5 Å². The van der Waals surface area contributed by atoms with E-state index in [2.05, 4.69) is 42.0 Å². The van der Waals surface area contributed by atoms with Crippen LogP contribution in [0.3, 0.4) is 0 Å². The second-order valence-electron chi connectivity index (χ2n) is 6.94. The predicted molar refractivity (Wildman–Crippen MR) is 112 cm³/mol. The average Bonchev–Trinajstić information content (AvgIpc) is 2.62. The number of ether oxygens (including phenoxy) is 2. The summed E-state index contributed by atoms with van der Waals surface area (Å²) in [5, 5.41) is 3.89. The van der Waals surface area contributed by atoms with Gasteiger partial charge >= 0.3 is 0 Å². The van der Waals surface area contributed by atoms with Crippen molar-refractivity contribution in [2.75, 3.05) is 6.61 Å². The van der Waals surface area contributed by atoms with Crippen molar-refractivity contribution in [2.45, 2.75) is 52.8 Å². The lowest BCUT2D eigenvalue weighted by molar-refractivity contribution is 0.268. The molecule has 0 heterocycles. The zero-order valence-corrected chi connectivity index (χ0v) is 18.5. The molecule has 0 spiro atoms. The van der Waals surface area contributed by atoms with Gasteiger partial charge in [0.05, 0.1) is 11.6 Å². The first-order valence-electron chi connectivity index (χ1n) is 9.02. The van der Waals surface area contributed by atoms with E-state index < -0.39 is 0 Å². The van der Waals surface area contributed by atoms with Gasteiger partial charge in [-0.3, -0.25) is 0 Å². The van der Waals surface area contributed by atoms with E-state index in [-0.39, 0.29) is 18.0 Å². The van der Waals surface area contributed by atoms with Crippen molar-refractivity contribution in [1.29, 1.82) is 0 Å². The maximum absolute atomic E-state index is 13.2. The number of hydrogen-bond donors (Lipinski definition) is 1. The van der Waals surface area contributed by atoms with Crippen LogP contribution < -0.4 is 14.8 Å². The Kier molecular flexibility index (Phi) is 7.95. The lowest BCUT2D eigenvalue weighted by Crippen LogP contribution is -2.37. The smallest absolute Gasteiger partial charge is 0.162 e. The molecule has 0 radical (unpaired) electrons. The first-order chi connectivity index (χ1) is 12.8. The molecule has 0 amide bonds. The molecular formula is C21H26BrClFNO2. The van der Waals surface area contributed by atoms with Crippen LogP contribution in [0.4, 0.5) is 4.39 Å². The van der Waals surface area contributed by atoms with Gasteiger partial charge in [0, 0.05) is 22.1 Å². The molecule has 0 saturated heterocycles. The van der Waals surface area contributed by atoms with Crippen molar-refractivity contribution in [3.63, 3.8) is 0 Å². The number of nitrogens with one attached hydrogen (secondary N) is 1. The summed E-state index contributed by atoms with van der Waals surface area (Å²) in [6.45, 7) is 9.91. The van der Waals surface area contributed by atoms with Gasteiger partial charge in [-0.05, 0) is 57.0 Å². The van der Waals surface area contributed by atoms with Crippen LogP contribution in [0.2, 0.25) is 5.02 Å². The molecule has 0 atom stereocenters. The molecule has 148 valence electrons. The number of benzene rings is 2. The van der Waals surface area contributed by atoms with Crippen LogP contribution >= 0.6 is 27.5 Å². The summed E-state index contributed by atoms with van der Waals surface area (Å²) < 4.78 is 25.8. The molecule has 0 aliphatic heterocycles. The van der Waals surface area contributed by atoms with Gasteiger partial charge in [-0.25, -0.2) is 4.39 Å². The predicted octanol–water partition coefficient (Wildman–Crippen LogP) is 6.50. The van der Waals surface area contributed by atoms with E-state index >= 15 is 0 Å². The van der Waals surface area contributed by atoms with Crippen molar-refractivity contribution in [3.05, 3.63) is 56.8 Å². The fraction of sp³-hybridized carbons (Fsp3) is 0.429. The minimum atomic E-state index is -0.367. The monoisotopic (exact) mass is 457 g/mol. The van der Waals surface area contributed by atoms with Crippen LogP contribution in [-0.2, 0) is 13.2 Å². The summed E-state index contributed by atoms with van der Waals surface area (Å²) in [6, 6.07) is 8.16. The topological polar surface area (TPSA) is 30.5 Å².